The maximum Gasteiger partial charge on any atom is 0.185 e. The van der Waals surface area contributed by atoms with Crippen LogP contribution in [0.2, 0.25) is 0 Å². The first-order valence-corrected chi connectivity index (χ1v) is 4.90. The van der Waals surface area contributed by atoms with E-state index in [9.17, 15) is 0 Å². The summed E-state index contributed by atoms with van der Waals surface area (Å²) in [4.78, 5) is 6.33. The quantitative estimate of drug-likeness (QED) is 0.785. The molecule has 0 spiro atoms. The molecule has 2 N–H and O–H groups in total. The molecule has 1 unspecified atom stereocenters. The third-order valence-electron chi connectivity index (χ3n) is 1.62. The first-order chi connectivity index (χ1) is 6.15. The van der Waals surface area contributed by atoms with Gasteiger partial charge in [-0.15, -0.1) is 11.3 Å². The van der Waals surface area contributed by atoms with E-state index >= 15 is 0 Å². The number of anilines is 1. The maximum atomic E-state index is 5.82. The van der Waals surface area contributed by atoms with Gasteiger partial charge in [-0.1, -0.05) is 0 Å². The summed E-state index contributed by atoms with van der Waals surface area (Å²) in [6.45, 7) is 0.511. The summed E-state index contributed by atoms with van der Waals surface area (Å²) >= 11 is 1.59. The number of methoxy groups -OCH3 is 1. The van der Waals surface area contributed by atoms with Crippen LogP contribution in [0.3, 0.4) is 0 Å². The average molecular weight is 201 g/mol. The summed E-state index contributed by atoms with van der Waals surface area (Å²) in [6, 6.07) is -0.116. The summed E-state index contributed by atoms with van der Waals surface area (Å²) in [5.74, 6) is 0. The lowest BCUT2D eigenvalue weighted by Gasteiger charge is -2.08. The van der Waals surface area contributed by atoms with Crippen molar-refractivity contribution in [1.29, 1.82) is 0 Å². The number of hydrogen-bond donors (Lipinski definition) is 1. The van der Waals surface area contributed by atoms with Crippen molar-refractivity contribution in [3.63, 3.8) is 0 Å². The molecular formula is C8H15N3OS. The second-order valence-corrected chi connectivity index (χ2v) is 3.85. The molecular weight excluding hydrogens is 186 g/mol. The van der Waals surface area contributed by atoms with E-state index in [2.05, 4.69) is 4.98 Å². The van der Waals surface area contributed by atoms with Gasteiger partial charge in [0.05, 0.1) is 18.3 Å². The van der Waals surface area contributed by atoms with Crippen LogP contribution in [0.5, 0.6) is 0 Å². The van der Waals surface area contributed by atoms with Gasteiger partial charge in [-0.25, -0.2) is 4.98 Å². The molecule has 0 aliphatic heterocycles. The fourth-order valence-electron chi connectivity index (χ4n) is 0.917. The fraction of sp³-hybridized carbons (Fsp3) is 0.625. The Morgan fingerprint density at radius 1 is 1.69 bits per heavy atom. The van der Waals surface area contributed by atoms with Crippen LogP contribution in [0.25, 0.3) is 0 Å². The summed E-state index contributed by atoms with van der Waals surface area (Å²) in [7, 11) is 5.56. The van der Waals surface area contributed by atoms with Crippen molar-refractivity contribution < 1.29 is 4.74 Å². The number of nitrogens with zero attached hydrogens (tertiary/aromatic N) is 2. The second-order valence-electron chi connectivity index (χ2n) is 3.01. The molecule has 0 saturated heterocycles. The second kappa shape index (κ2) is 4.55. The number of ether oxygens (including phenoxy) is 1. The predicted molar refractivity (Wildman–Crippen MR) is 55.2 cm³/mol. The number of thiazole rings is 1. The predicted octanol–water partition coefficient (Wildman–Crippen LogP) is 0.855. The molecule has 0 bridgehead atoms. The molecule has 0 saturated carbocycles. The van der Waals surface area contributed by atoms with Crippen molar-refractivity contribution in [2.45, 2.75) is 6.04 Å². The van der Waals surface area contributed by atoms with Gasteiger partial charge < -0.3 is 15.4 Å². The zero-order chi connectivity index (χ0) is 9.84. The van der Waals surface area contributed by atoms with Crippen molar-refractivity contribution in [2.75, 3.05) is 32.7 Å². The Morgan fingerprint density at radius 2 is 2.38 bits per heavy atom. The van der Waals surface area contributed by atoms with Crippen molar-refractivity contribution >= 4 is 16.5 Å². The van der Waals surface area contributed by atoms with Crippen LogP contribution < -0.4 is 10.6 Å². The molecule has 0 radical (unpaired) electrons. The minimum absolute atomic E-state index is 0.116. The lowest BCUT2D eigenvalue weighted by molar-refractivity contribution is 0.180. The summed E-state index contributed by atoms with van der Waals surface area (Å²) in [5.41, 5.74) is 6.72. The highest BCUT2D eigenvalue weighted by molar-refractivity contribution is 7.13. The van der Waals surface area contributed by atoms with Crippen molar-refractivity contribution in [3.8, 4) is 0 Å². The Kier molecular flexibility index (Phi) is 3.65. The number of nitrogens with two attached hydrogens (primary N) is 1. The van der Waals surface area contributed by atoms with Crippen LogP contribution in [-0.4, -0.2) is 32.8 Å². The monoisotopic (exact) mass is 201 g/mol. The summed E-state index contributed by atoms with van der Waals surface area (Å²) in [5, 5.41) is 2.94. The molecule has 1 aromatic heterocycles. The van der Waals surface area contributed by atoms with E-state index in [1.54, 1.807) is 18.4 Å². The Bertz CT molecular complexity index is 262. The Morgan fingerprint density at radius 3 is 2.85 bits per heavy atom. The minimum Gasteiger partial charge on any atom is -0.383 e. The van der Waals surface area contributed by atoms with Crippen LogP contribution in [0.4, 0.5) is 5.13 Å². The highest BCUT2D eigenvalue weighted by Gasteiger charge is 2.10. The van der Waals surface area contributed by atoms with Gasteiger partial charge in [0.15, 0.2) is 5.13 Å². The average Bonchev–Trinajstić information content (AvgIpc) is 2.52. The normalized spacial score (nSPS) is 12.9. The first-order valence-electron chi connectivity index (χ1n) is 4.02. The van der Waals surface area contributed by atoms with Gasteiger partial charge in [0.25, 0.3) is 0 Å². The lowest BCUT2D eigenvalue weighted by Crippen LogP contribution is -2.17. The lowest BCUT2D eigenvalue weighted by atomic mass is 10.3. The number of hydrogen-bond acceptors (Lipinski definition) is 5. The molecule has 0 fully saturated rings. The zero-order valence-electron chi connectivity index (χ0n) is 8.15. The highest BCUT2D eigenvalue weighted by atomic mass is 32.1. The molecule has 1 atom stereocenters. The van der Waals surface area contributed by atoms with Crippen LogP contribution in [-0.2, 0) is 4.74 Å². The minimum atomic E-state index is -0.116. The van der Waals surface area contributed by atoms with Gasteiger partial charge in [0.1, 0.15) is 0 Å². The summed E-state index contributed by atoms with van der Waals surface area (Å²) in [6.07, 6.45) is 0. The molecule has 1 aromatic rings. The molecule has 1 rings (SSSR count). The standard InChI is InChI=1S/C8H15N3OS/c1-11(2)8-10-7(5-13-8)6(9)4-12-3/h5-6H,4,9H2,1-3H3. The van der Waals surface area contributed by atoms with Crippen LogP contribution in [0.15, 0.2) is 5.38 Å². The third kappa shape index (κ3) is 2.65. The Balaban J connectivity index is 2.67. The first kappa shape index (κ1) is 10.4. The molecule has 13 heavy (non-hydrogen) atoms. The molecule has 5 heteroatoms. The smallest absolute Gasteiger partial charge is 0.185 e. The van der Waals surface area contributed by atoms with Crippen LogP contribution in [0, 0.1) is 0 Å². The van der Waals surface area contributed by atoms with E-state index in [0.29, 0.717) is 6.61 Å². The van der Waals surface area contributed by atoms with E-state index in [0.717, 1.165) is 10.8 Å². The van der Waals surface area contributed by atoms with Crippen molar-refractivity contribution in [1.82, 2.24) is 4.98 Å². The summed E-state index contributed by atoms with van der Waals surface area (Å²) < 4.78 is 4.95. The van der Waals surface area contributed by atoms with Crippen molar-refractivity contribution in [3.05, 3.63) is 11.1 Å². The molecule has 4 nitrogen and oxygen atoms in total. The molecule has 0 amide bonds. The fourth-order valence-corrected chi connectivity index (χ4v) is 1.74. The zero-order valence-corrected chi connectivity index (χ0v) is 8.97. The van der Waals surface area contributed by atoms with E-state index < -0.39 is 0 Å². The van der Waals surface area contributed by atoms with Gasteiger partial charge >= 0.3 is 0 Å². The third-order valence-corrected chi connectivity index (χ3v) is 2.65. The van der Waals surface area contributed by atoms with Gasteiger partial charge in [0.2, 0.25) is 0 Å². The van der Waals surface area contributed by atoms with E-state index in [1.807, 2.05) is 24.4 Å². The SMILES string of the molecule is COCC(N)c1csc(N(C)C)n1. The molecule has 0 aromatic carbocycles. The van der Waals surface area contributed by atoms with E-state index in [4.69, 9.17) is 10.5 Å². The van der Waals surface area contributed by atoms with Crippen LogP contribution >= 0.6 is 11.3 Å². The molecule has 0 aliphatic rings. The molecule has 74 valence electrons. The van der Waals surface area contributed by atoms with Gasteiger partial charge in [0, 0.05) is 26.6 Å². The largest absolute Gasteiger partial charge is 0.383 e. The maximum absolute atomic E-state index is 5.82. The Labute approximate surface area is 82.3 Å². The van der Waals surface area contributed by atoms with Gasteiger partial charge in [-0.05, 0) is 0 Å². The number of rotatable bonds is 4. The highest BCUT2D eigenvalue weighted by Crippen LogP contribution is 2.21. The molecule has 0 aliphatic carbocycles. The van der Waals surface area contributed by atoms with E-state index in [-0.39, 0.29) is 6.04 Å². The van der Waals surface area contributed by atoms with Gasteiger partial charge in [-0.3, -0.25) is 0 Å². The van der Waals surface area contributed by atoms with Crippen molar-refractivity contribution in [2.24, 2.45) is 5.73 Å². The van der Waals surface area contributed by atoms with Gasteiger partial charge in [-0.2, -0.15) is 0 Å². The Hall–Kier alpha value is -0.650. The topological polar surface area (TPSA) is 51.4 Å². The number of aromatic nitrogens is 1. The van der Waals surface area contributed by atoms with Crippen LogP contribution in [0.1, 0.15) is 11.7 Å². The van der Waals surface area contributed by atoms with E-state index in [1.165, 1.54) is 0 Å². The molecule has 1 heterocycles.